The second-order valence-electron chi connectivity index (χ2n) is 2.63. The van der Waals surface area contributed by atoms with Crippen LogP contribution in [0.3, 0.4) is 0 Å². The van der Waals surface area contributed by atoms with Crippen molar-refractivity contribution >= 4 is 0 Å². The van der Waals surface area contributed by atoms with Crippen molar-refractivity contribution in [3.05, 3.63) is 23.3 Å². The summed E-state index contributed by atoms with van der Waals surface area (Å²) in [6, 6.07) is 0. The van der Waals surface area contributed by atoms with Gasteiger partial charge in [-0.3, -0.25) is 4.84 Å². The molecular formula is C8H10NO. The van der Waals surface area contributed by atoms with Crippen molar-refractivity contribution < 1.29 is 4.84 Å². The van der Waals surface area contributed by atoms with Crippen molar-refractivity contribution in [2.24, 2.45) is 0 Å². The SMILES string of the molecule is C1=CC2=C(CC1)C[N]OC2. The van der Waals surface area contributed by atoms with E-state index < -0.39 is 0 Å². The predicted molar refractivity (Wildman–Crippen MR) is 38.4 cm³/mol. The van der Waals surface area contributed by atoms with Crippen LogP contribution in [0.15, 0.2) is 23.3 Å². The summed E-state index contributed by atoms with van der Waals surface area (Å²) in [6.07, 6.45) is 6.72. The molecule has 53 valence electrons. The maximum Gasteiger partial charge on any atom is 0.0953 e. The minimum atomic E-state index is 0.686. The maximum absolute atomic E-state index is 4.95. The molecular weight excluding hydrogens is 126 g/mol. The monoisotopic (exact) mass is 136 g/mol. The van der Waals surface area contributed by atoms with Crippen LogP contribution >= 0.6 is 0 Å². The average molecular weight is 136 g/mol. The third-order valence-electron chi connectivity index (χ3n) is 1.95. The molecule has 0 bridgehead atoms. The van der Waals surface area contributed by atoms with E-state index in [2.05, 4.69) is 17.6 Å². The number of nitrogens with zero attached hydrogens (tertiary/aromatic N) is 1. The summed E-state index contributed by atoms with van der Waals surface area (Å²) < 4.78 is 0. The molecule has 0 amide bonds. The average Bonchev–Trinajstić information content (AvgIpc) is 2.05. The van der Waals surface area contributed by atoms with Crippen LogP contribution in [-0.4, -0.2) is 13.2 Å². The lowest BCUT2D eigenvalue weighted by molar-refractivity contribution is 0.0452. The Hall–Kier alpha value is -0.600. The van der Waals surface area contributed by atoms with E-state index in [4.69, 9.17) is 4.84 Å². The Labute approximate surface area is 60.5 Å². The van der Waals surface area contributed by atoms with Gasteiger partial charge >= 0.3 is 0 Å². The molecule has 0 spiro atoms. The standard InChI is InChI=1S/C8H10NO/c1-2-4-8-6-10-9-5-7(8)3-1/h2,4H,1,3,5-6H2. The lowest BCUT2D eigenvalue weighted by atomic mass is 9.98. The molecule has 0 aromatic heterocycles. The molecule has 2 rings (SSSR count). The van der Waals surface area contributed by atoms with Crippen LogP contribution < -0.4 is 5.48 Å². The number of hydroxylamine groups is 1. The van der Waals surface area contributed by atoms with E-state index in [1.165, 1.54) is 24.0 Å². The topological polar surface area (TPSA) is 23.3 Å². The zero-order chi connectivity index (χ0) is 6.81. The van der Waals surface area contributed by atoms with Gasteiger partial charge in [-0.2, -0.15) is 0 Å². The minimum absolute atomic E-state index is 0.686. The van der Waals surface area contributed by atoms with Gasteiger partial charge in [0.15, 0.2) is 0 Å². The van der Waals surface area contributed by atoms with Crippen molar-refractivity contribution in [3.63, 3.8) is 0 Å². The molecule has 0 unspecified atom stereocenters. The molecule has 2 heteroatoms. The summed E-state index contributed by atoms with van der Waals surface area (Å²) in [5, 5.41) is 0. The van der Waals surface area contributed by atoms with E-state index in [0.717, 1.165) is 6.54 Å². The van der Waals surface area contributed by atoms with E-state index in [9.17, 15) is 0 Å². The maximum atomic E-state index is 4.95. The highest BCUT2D eigenvalue weighted by Crippen LogP contribution is 2.20. The van der Waals surface area contributed by atoms with Gasteiger partial charge in [0.25, 0.3) is 0 Å². The summed E-state index contributed by atoms with van der Waals surface area (Å²) >= 11 is 0. The van der Waals surface area contributed by atoms with E-state index in [1.807, 2.05) is 0 Å². The van der Waals surface area contributed by atoms with Crippen molar-refractivity contribution in [3.8, 4) is 0 Å². The Morgan fingerprint density at radius 1 is 1.50 bits per heavy atom. The summed E-state index contributed by atoms with van der Waals surface area (Å²) in [7, 11) is 0. The van der Waals surface area contributed by atoms with Gasteiger partial charge in [-0.05, 0) is 24.0 Å². The van der Waals surface area contributed by atoms with Gasteiger partial charge in [0, 0.05) is 0 Å². The highest BCUT2D eigenvalue weighted by Gasteiger charge is 2.13. The van der Waals surface area contributed by atoms with Crippen LogP contribution in [0.5, 0.6) is 0 Å². The molecule has 1 aliphatic heterocycles. The van der Waals surface area contributed by atoms with Crippen LogP contribution in [0, 0.1) is 0 Å². The first-order valence-corrected chi connectivity index (χ1v) is 3.63. The lowest BCUT2D eigenvalue weighted by Crippen LogP contribution is -2.21. The molecule has 0 aromatic rings. The van der Waals surface area contributed by atoms with Crippen LogP contribution in [0.25, 0.3) is 0 Å². The van der Waals surface area contributed by atoms with Gasteiger partial charge in [0.2, 0.25) is 0 Å². The Bertz CT molecular complexity index is 193. The van der Waals surface area contributed by atoms with Gasteiger partial charge in [-0.1, -0.05) is 17.6 Å². The molecule has 0 aromatic carbocycles. The summed E-state index contributed by atoms with van der Waals surface area (Å²) in [6.45, 7) is 1.48. The molecule has 1 heterocycles. The summed E-state index contributed by atoms with van der Waals surface area (Å²) in [5.74, 6) is 0. The summed E-state index contributed by atoms with van der Waals surface area (Å²) in [5.41, 5.74) is 6.68. The fourth-order valence-corrected chi connectivity index (χ4v) is 1.33. The Morgan fingerprint density at radius 2 is 2.50 bits per heavy atom. The quantitative estimate of drug-likeness (QED) is 0.490. The molecule has 1 radical (unpaired) electrons. The molecule has 10 heavy (non-hydrogen) atoms. The third-order valence-corrected chi connectivity index (χ3v) is 1.95. The number of allylic oxidation sites excluding steroid dienone is 1. The first-order chi connectivity index (χ1) is 4.97. The first kappa shape index (κ1) is 6.13. The van der Waals surface area contributed by atoms with E-state index in [0.29, 0.717) is 6.61 Å². The summed E-state index contributed by atoms with van der Waals surface area (Å²) in [4.78, 5) is 4.95. The highest BCUT2D eigenvalue weighted by atomic mass is 16.6. The Kier molecular flexibility index (Phi) is 1.57. The fourth-order valence-electron chi connectivity index (χ4n) is 1.33. The van der Waals surface area contributed by atoms with Crippen LogP contribution in [0.1, 0.15) is 12.8 Å². The van der Waals surface area contributed by atoms with Gasteiger partial charge in [-0.15, -0.1) is 0 Å². The van der Waals surface area contributed by atoms with Crippen LogP contribution in [0.4, 0.5) is 0 Å². The van der Waals surface area contributed by atoms with E-state index >= 15 is 0 Å². The zero-order valence-corrected chi connectivity index (χ0v) is 5.84. The van der Waals surface area contributed by atoms with Crippen LogP contribution in [0.2, 0.25) is 0 Å². The van der Waals surface area contributed by atoms with Crippen molar-refractivity contribution in [2.75, 3.05) is 13.2 Å². The molecule has 0 N–H and O–H groups in total. The molecule has 0 saturated heterocycles. The normalized spacial score (nSPS) is 24.8. The first-order valence-electron chi connectivity index (χ1n) is 3.63. The van der Waals surface area contributed by atoms with Crippen molar-refractivity contribution in [2.45, 2.75) is 12.8 Å². The largest absolute Gasteiger partial charge is 0.277 e. The Morgan fingerprint density at radius 3 is 3.40 bits per heavy atom. The second kappa shape index (κ2) is 2.56. The number of hydrogen-bond donors (Lipinski definition) is 0. The fraction of sp³-hybridized carbons (Fsp3) is 0.500. The van der Waals surface area contributed by atoms with Gasteiger partial charge in [0.1, 0.15) is 0 Å². The Balaban J connectivity index is 2.23. The van der Waals surface area contributed by atoms with Gasteiger partial charge in [-0.25, -0.2) is 0 Å². The van der Waals surface area contributed by atoms with Crippen LogP contribution in [-0.2, 0) is 4.84 Å². The zero-order valence-electron chi connectivity index (χ0n) is 5.84. The molecule has 1 aliphatic carbocycles. The molecule has 0 atom stereocenters. The highest BCUT2D eigenvalue weighted by molar-refractivity contribution is 5.31. The van der Waals surface area contributed by atoms with E-state index in [-0.39, 0.29) is 0 Å². The predicted octanol–water partition coefficient (Wildman–Crippen LogP) is 1.18. The molecule has 0 saturated carbocycles. The van der Waals surface area contributed by atoms with E-state index in [1.54, 1.807) is 0 Å². The van der Waals surface area contributed by atoms with Gasteiger partial charge in [0.05, 0.1) is 13.2 Å². The number of hydrogen-bond acceptors (Lipinski definition) is 1. The number of rotatable bonds is 0. The lowest BCUT2D eigenvalue weighted by Gasteiger charge is -2.19. The molecule has 2 aliphatic rings. The smallest absolute Gasteiger partial charge is 0.0953 e. The van der Waals surface area contributed by atoms with Crippen molar-refractivity contribution in [1.29, 1.82) is 0 Å². The van der Waals surface area contributed by atoms with Gasteiger partial charge < -0.3 is 0 Å². The molecule has 0 fully saturated rings. The van der Waals surface area contributed by atoms with Crippen molar-refractivity contribution in [1.82, 2.24) is 5.48 Å². The second-order valence-corrected chi connectivity index (χ2v) is 2.63. The molecule has 2 nitrogen and oxygen atoms in total. The minimum Gasteiger partial charge on any atom is -0.277 e. The third kappa shape index (κ3) is 1.00.